The molecule has 2 rings (SSSR count). The monoisotopic (exact) mass is 320 g/mol. The van der Waals surface area contributed by atoms with Crippen LogP contribution in [0.4, 0.5) is 5.69 Å². The Bertz CT molecular complexity index is 520. The predicted octanol–water partition coefficient (Wildman–Crippen LogP) is 0.0222. The van der Waals surface area contributed by atoms with Crippen LogP contribution in [-0.2, 0) is 9.53 Å². The normalized spacial score (nSPS) is 15.2. The summed E-state index contributed by atoms with van der Waals surface area (Å²) in [6, 6.07) is 7.09. The molecule has 126 valence electrons. The summed E-state index contributed by atoms with van der Waals surface area (Å²) in [7, 11) is 0. The average molecular weight is 320 g/mol. The first-order valence-corrected chi connectivity index (χ1v) is 8.24. The first-order chi connectivity index (χ1) is 11.1. The maximum absolute atomic E-state index is 12.2. The van der Waals surface area contributed by atoms with Gasteiger partial charge < -0.3 is 19.9 Å². The third-order valence-electron chi connectivity index (χ3n) is 4.08. The molecular formula is C17H26N3O3+. The van der Waals surface area contributed by atoms with Gasteiger partial charge in [0.1, 0.15) is 13.1 Å². The van der Waals surface area contributed by atoms with Gasteiger partial charge in [-0.1, -0.05) is 0 Å². The number of amides is 2. The molecule has 23 heavy (non-hydrogen) atoms. The second kappa shape index (κ2) is 8.64. The van der Waals surface area contributed by atoms with E-state index in [9.17, 15) is 9.59 Å². The first kappa shape index (κ1) is 17.4. The van der Waals surface area contributed by atoms with E-state index in [-0.39, 0.29) is 11.8 Å². The molecule has 0 saturated carbocycles. The highest BCUT2D eigenvalue weighted by Crippen LogP contribution is 2.11. The number of carbonyl (C=O) groups is 2. The van der Waals surface area contributed by atoms with Crippen LogP contribution in [0.3, 0.4) is 0 Å². The van der Waals surface area contributed by atoms with Crippen LogP contribution < -0.4 is 10.2 Å². The smallest absolute Gasteiger partial charge is 0.279 e. The minimum atomic E-state index is -0.00952. The molecule has 1 aromatic rings. The molecule has 6 nitrogen and oxygen atoms in total. The lowest BCUT2D eigenvalue weighted by Gasteiger charge is -2.23. The van der Waals surface area contributed by atoms with Crippen LogP contribution >= 0.6 is 0 Å². The lowest BCUT2D eigenvalue weighted by atomic mass is 10.1. The van der Waals surface area contributed by atoms with E-state index < -0.39 is 0 Å². The second-order valence-electron chi connectivity index (χ2n) is 5.64. The van der Waals surface area contributed by atoms with Crippen molar-refractivity contribution in [1.82, 2.24) is 4.90 Å². The standard InChI is InChI=1S/C17H25N3O3/c1-3-20(4-2)17(22)14-5-7-15(8-6-14)18-16(21)13-19-9-11-23-12-10-19/h5-8H,3-4,9-13H2,1-2H3,(H,18,21)/p+1. The van der Waals surface area contributed by atoms with E-state index >= 15 is 0 Å². The third kappa shape index (κ3) is 5.04. The number of hydrogen-bond acceptors (Lipinski definition) is 3. The van der Waals surface area contributed by atoms with Crippen LogP contribution in [0.15, 0.2) is 24.3 Å². The molecule has 1 aliphatic heterocycles. The Morgan fingerprint density at radius 1 is 1.13 bits per heavy atom. The minimum Gasteiger partial charge on any atom is -0.370 e. The zero-order valence-electron chi connectivity index (χ0n) is 13.9. The number of hydrogen-bond donors (Lipinski definition) is 2. The number of nitrogens with zero attached hydrogens (tertiary/aromatic N) is 1. The number of nitrogens with one attached hydrogen (secondary N) is 2. The zero-order chi connectivity index (χ0) is 16.7. The summed E-state index contributed by atoms with van der Waals surface area (Å²) in [5, 5.41) is 2.89. The molecule has 0 unspecified atom stereocenters. The molecule has 2 N–H and O–H groups in total. The Morgan fingerprint density at radius 2 is 1.74 bits per heavy atom. The van der Waals surface area contributed by atoms with Crippen molar-refractivity contribution < 1.29 is 19.2 Å². The molecule has 2 amide bonds. The van der Waals surface area contributed by atoms with Gasteiger partial charge in [0.2, 0.25) is 0 Å². The number of rotatable bonds is 6. The number of benzene rings is 1. The van der Waals surface area contributed by atoms with Crippen LogP contribution in [0, 0.1) is 0 Å². The summed E-state index contributed by atoms with van der Waals surface area (Å²) < 4.78 is 5.28. The topological polar surface area (TPSA) is 63.1 Å². The van der Waals surface area contributed by atoms with Crippen LogP contribution in [0.25, 0.3) is 0 Å². The highest BCUT2D eigenvalue weighted by Gasteiger charge is 2.18. The number of quaternary nitrogens is 1. The van der Waals surface area contributed by atoms with Crippen molar-refractivity contribution in [3.05, 3.63) is 29.8 Å². The highest BCUT2D eigenvalue weighted by atomic mass is 16.5. The average Bonchev–Trinajstić information content (AvgIpc) is 2.57. The van der Waals surface area contributed by atoms with Crippen LogP contribution in [0.2, 0.25) is 0 Å². The van der Waals surface area contributed by atoms with Crippen molar-refractivity contribution >= 4 is 17.5 Å². The van der Waals surface area contributed by atoms with Crippen molar-refractivity contribution in [2.45, 2.75) is 13.8 Å². The molecule has 0 bridgehead atoms. The van der Waals surface area contributed by atoms with Gasteiger partial charge in [-0.2, -0.15) is 0 Å². The van der Waals surface area contributed by atoms with E-state index in [0.29, 0.717) is 38.4 Å². The molecule has 0 spiro atoms. The van der Waals surface area contributed by atoms with E-state index in [1.54, 1.807) is 29.2 Å². The molecule has 1 fully saturated rings. The van der Waals surface area contributed by atoms with Crippen molar-refractivity contribution in [2.75, 3.05) is 51.3 Å². The Kier molecular flexibility index (Phi) is 6.55. The Morgan fingerprint density at radius 3 is 2.30 bits per heavy atom. The molecule has 0 radical (unpaired) electrons. The zero-order valence-corrected chi connectivity index (χ0v) is 13.9. The van der Waals surface area contributed by atoms with Gasteiger partial charge in [0.25, 0.3) is 11.8 Å². The number of ether oxygens (including phenoxy) is 1. The fraction of sp³-hybridized carbons (Fsp3) is 0.529. The number of anilines is 1. The molecule has 1 saturated heterocycles. The van der Waals surface area contributed by atoms with Crippen LogP contribution in [0.5, 0.6) is 0 Å². The summed E-state index contributed by atoms with van der Waals surface area (Å²) in [6.45, 7) is 8.91. The van der Waals surface area contributed by atoms with E-state index in [4.69, 9.17) is 4.74 Å². The quantitative estimate of drug-likeness (QED) is 0.777. The van der Waals surface area contributed by atoms with E-state index in [0.717, 1.165) is 18.8 Å². The van der Waals surface area contributed by atoms with Gasteiger partial charge in [-0.25, -0.2) is 0 Å². The van der Waals surface area contributed by atoms with Gasteiger partial charge in [-0.15, -0.1) is 0 Å². The first-order valence-electron chi connectivity index (χ1n) is 8.24. The SMILES string of the molecule is CCN(CC)C(=O)c1ccc(NC(=O)C[NH+]2CCOCC2)cc1. The molecule has 1 heterocycles. The van der Waals surface area contributed by atoms with Crippen molar-refractivity contribution in [2.24, 2.45) is 0 Å². The number of carbonyl (C=O) groups excluding carboxylic acids is 2. The Labute approximate surface area is 137 Å². The summed E-state index contributed by atoms with van der Waals surface area (Å²) in [4.78, 5) is 27.3. The lowest BCUT2D eigenvalue weighted by molar-refractivity contribution is -0.899. The van der Waals surface area contributed by atoms with Gasteiger partial charge in [0, 0.05) is 24.3 Å². The van der Waals surface area contributed by atoms with Crippen molar-refractivity contribution in [3.63, 3.8) is 0 Å². The van der Waals surface area contributed by atoms with Crippen LogP contribution in [-0.4, -0.2) is 62.7 Å². The molecule has 0 aliphatic carbocycles. The molecular weight excluding hydrogens is 294 g/mol. The fourth-order valence-corrected chi connectivity index (χ4v) is 2.66. The van der Waals surface area contributed by atoms with Crippen molar-refractivity contribution in [1.29, 1.82) is 0 Å². The van der Waals surface area contributed by atoms with Gasteiger partial charge in [-0.3, -0.25) is 9.59 Å². The maximum atomic E-state index is 12.2. The second-order valence-corrected chi connectivity index (χ2v) is 5.64. The van der Waals surface area contributed by atoms with E-state index in [2.05, 4.69) is 5.32 Å². The fourth-order valence-electron chi connectivity index (χ4n) is 2.66. The molecule has 0 aromatic heterocycles. The maximum Gasteiger partial charge on any atom is 0.279 e. The third-order valence-corrected chi connectivity index (χ3v) is 4.08. The van der Waals surface area contributed by atoms with Gasteiger partial charge in [-0.05, 0) is 38.1 Å². The Balaban J connectivity index is 1.89. The summed E-state index contributed by atoms with van der Waals surface area (Å²) in [5.41, 5.74) is 1.37. The summed E-state index contributed by atoms with van der Waals surface area (Å²) in [6.07, 6.45) is 0. The predicted molar refractivity (Wildman–Crippen MR) is 88.7 cm³/mol. The molecule has 0 atom stereocenters. The highest BCUT2D eigenvalue weighted by molar-refractivity contribution is 5.96. The van der Waals surface area contributed by atoms with Crippen molar-refractivity contribution in [3.8, 4) is 0 Å². The van der Waals surface area contributed by atoms with Gasteiger partial charge in [0.15, 0.2) is 6.54 Å². The van der Waals surface area contributed by atoms with E-state index in [1.165, 1.54) is 4.90 Å². The molecule has 1 aliphatic rings. The largest absolute Gasteiger partial charge is 0.370 e. The van der Waals surface area contributed by atoms with Gasteiger partial charge >= 0.3 is 0 Å². The summed E-state index contributed by atoms with van der Waals surface area (Å²) >= 11 is 0. The lowest BCUT2D eigenvalue weighted by Crippen LogP contribution is -3.15. The molecule has 6 heteroatoms. The molecule has 1 aromatic carbocycles. The number of morpholine rings is 1. The minimum absolute atomic E-state index is 0.00952. The van der Waals surface area contributed by atoms with Gasteiger partial charge in [0.05, 0.1) is 13.2 Å². The summed E-state index contributed by atoms with van der Waals surface area (Å²) in [5.74, 6) is 0.00959. The van der Waals surface area contributed by atoms with E-state index in [1.807, 2.05) is 13.8 Å². The Hall–Kier alpha value is -1.92. The van der Waals surface area contributed by atoms with Crippen LogP contribution in [0.1, 0.15) is 24.2 Å².